The molecule has 1 N–H and O–H groups in total. The Morgan fingerprint density at radius 1 is 0.933 bits per heavy atom. The molecule has 4 rings (SSSR count). The van der Waals surface area contributed by atoms with Gasteiger partial charge in [-0.05, 0) is 61.9 Å². The van der Waals surface area contributed by atoms with Gasteiger partial charge in [-0.1, -0.05) is 36.8 Å². The zero-order chi connectivity index (χ0) is 21.5. The Hall–Kier alpha value is -3.25. The van der Waals surface area contributed by atoms with Crippen molar-refractivity contribution in [3.05, 3.63) is 95.6 Å². The Morgan fingerprint density at radius 3 is 2.03 bits per heavy atom. The summed E-state index contributed by atoms with van der Waals surface area (Å²) in [4.78, 5) is 16.4. The number of anilines is 2. The maximum atomic E-state index is 13.6. The second-order valence-electron chi connectivity index (χ2n) is 7.46. The van der Waals surface area contributed by atoms with E-state index in [1.54, 1.807) is 6.07 Å². The van der Waals surface area contributed by atoms with E-state index in [0.717, 1.165) is 5.56 Å². The normalized spacial score (nSPS) is 21.4. The van der Waals surface area contributed by atoms with Crippen LogP contribution < -0.4 is 9.80 Å². The molecule has 154 valence electrons. The molecule has 1 fully saturated rings. The average molecular weight is 408 g/mol. The van der Waals surface area contributed by atoms with Gasteiger partial charge in [0.25, 0.3) is 0 Å². The Labute approximate surface area is 174 Å². The van der Waals surface area contributed by atoms with Crippen LogP contribution in [0.2, 0.25) is 0 Å². The number of nitrogens with zero attached hydrogens (tertiary/aromatic N) is 2. The highest BCUT2D eigenvalue weighted by Gasteiger charge is 2.58. The molecule has 0 spiro atoms. The van der Waals surface area contributed by atoms with Crippen molar-refractivity contribution in [2.75, 3.05) is 9.80 Å². The summed E-state index contributed by atoms with van der Waals surface area (Å²) in [5, 5.41) is 12.1. The van der Waals surface area contributed by atoms with Crippen LogP contribution in [0.4, 0.5) is 25.0 Å². The second-order valence-corrected chi connectivity index (χ2v) is 7.46. The summed E-state index contributed by atoms with van der Waals surface area (Å²) in [6.07, 6.45) is 0.436. The summed E-state index contributed by atoms with van der Waals surface area (Å²) in [6, 6.07) is 17.2. The van der Waals surface area contributed by atoms with Crippen molar-refractivity contribution in [3.8, 4) is 0 Å². The predicted molar refractivity (Wildman–Crippen MR) is 112 cm³/mol. The number of carbonyl (C=O) groups is 1. The Kier molecular flexibility index (Phi) is 5.03. The number of benzene rings is 3. The van der Waals surface area contributed by atoms with E-state index < -0.39 is 29.4 Å². The molecule has 3 aromatic rings. The molecule has 2 atom stereocenters. The van der Waals surface area contributed by atoms with Gasteiger partial charge in [-0.25, -0.2) is 13.6 Å². The van der Waals surface area contributed by atoms with E-state index in [2.05, 4.69) is 0 Å². The van der Waals surface area contributed by atoms with Gasteiger partial charge in [0.2, 0.25) is 0 Å². The number of aryl methyl sites for hydroxylation is 1. The molecule has 2 amide bonds. The molecule has 0 radical (unpaired) electrons. The molecule has 30 heavy (non-hydrogen) atoms. The minimum atomic E-state index is -1.70. The van der Waals surface area contributed by atoms with Crippen molar-refractivity contribution in [1.29, 1.82) is 0 Å². The quantitative estimate of drug-likeness (QED) is 0.633. The highest BCUT2D eigenvalue weighted by Crippen LogP contribution is 2.45. The lowest BCUT2D eigenvalue weighted by Crippen LogP contribution is -2.49. The molecule has 1 aliphatic rings. The number of halogens is 2. The largest absolute Gasteiger partial charge is 0.365 e. The lowest BCUT2D eigenvalue weighted by Gasteiger charge is -2.37. The maximum Gasteiger partial charge on any atom is 0.332 e. The van der Waals surface area contributed by atoms with Crippen LogP contribution in [0.25, 0.3) is 0 Å². The zero-order valence-corrected chi connectivity index (χ0v) is 16.7. The molecule has 0 aromatic heterocycles. The van der Waals surface area contributed by atoms with Crippen molar-refractivity contribution in [2.24, 2.45) is 0 Å². The second kappa shape index (κ2) is 7.54. The molecule has 1 saturated heterocycles. The first kappa shape index (κ1) is 20.0. The number of rotatable bonds is 4. The summed E-state index contributed by atoms with van der Waals surface area (Å²) >= 11 is 0. The molecule has 6 heteroatoms. The third-order valence-electron chi connectivity index (χ3n) is 5.53. The fourth-order valence-electron chi connectivity index (χ4n) is 4.17. The van der Waals surface area contributed by atoms with Crippen molar-refractivity contribution >= 4 is 17.4 Å². The van der Waals surface area contributed by atoms with Crippen molar-refractivity contribution < 1.29 is 18.7 Å². The first-order valence-corrected chi connectivity index (χ1v) is 9.80. The predicted octanol–water partition coefficient (Wildman–Crippen LogP) is 5.34. The lowest BCUT2D eigenvalue weighted by molar-refractivity contribution is 0.0306. The molecular weight excluding hydrogens is 386 g/mol. The minimum Gasteiger partial charge on any atom is -0.365 e. The van der Waals surface area contributed by atoms with E-state index in [4.69, 9.17) is 0 Å². The van der Waals surface area contributed by atoms with E-state index >= 15 is 0 Å². The van der Waals surface area contributed by atoms with Gasteiger partial charge < -0.3 is 5.11 Å². The van der Waals surface area contributed by atoms with Gasteiger partial charge in [-0.3, -0.25) is 9.80 Å². The number of aliphatic hydroxyl groups is 1. The monoisotopic (exact) mass is 408 g/mol. The molecule has 0 saturated carbocycles. The number of carbonyl (C=O) groups excluding carboxylic acids is 1. The van der Waals surface area contributed by atoms with Gasteiger partial charge in [0, 0.05) is 16.9 Å². The van der Waals surface area contributed by atoms with Gasteiger partial charge in [0.05, 0.1) is 6.04 Å². The molecule has 4 nitrogen and oxygen atoms in total. The van der Waals surface area contributed by atoms with Crippen LogP contribution in [0, 0.1) is 18.6 Å². The summed E-state index contributed by atoms with van der Waals surface area (Å²) in [6.45, 7) is 3.79. The van der Waals surface area contributed by atoms with E-state index in [1.165, 1.54) is 58.3 Å². The molecule has 1 aliphatic heterocycles. The first-order valence-electron chi connectivity index (χ1n) is 9.80. The maximum absolute atomic E-state index is 13.6. The molecule has 2 unspecified atom stereocenters. The van der Waals surface area contributed by atoms with Crippen LogP contribution in [0.5, 0.6) is 0 Å². The third kappa shape index (κ3) is 3.13. The van der Waals surface area contributed by atoms with Crippen LogP contribution in [-0.2, 0) is 5.72 Å². The Morgan fingerprint density at radius 2 is 1.50 bits per heavy atom. The standard InChI is InChI=1S/C24H22F2N2O2/c1-3-22-24(30,17-6-4-5-16(2)15-17)28(21-13-9-19(26)10-14-21)23(29)27(22)20-11-7-18(25)8-12-20/h4-15,22,30H,3H2,1-2H3. The van der Waals surface area contributed by atoms with Gasteiger partial charge in [-0.15, -0.1) is 0 Å². The van der Waals surface area contributed by atoms with Crippen molar-refractivity contribution in [3.63, 3.8) is 0 Å². The first-order chi connectivity index (χ1) is 14.4. The number of amides is 2. The van der Waals surface area contributed by atoms with Gasteiger partial charge in [-0.2, -0.15) is 0 Å². The van der Waals surface area contributed by atoms with Crippen LogP contribution in [0.15, 0.2) is 72.8 Å². The van der Waals surface area contributed by atoms with Crippen LogP contribution in [0.3, 0.4) is 0 Å². The SMILES string of the molecule is CCC1N(c2ccc(F)cc2)C(=O)N(c2ccc(F)cc2)C1(O)c1cccc(C)c1. The highest BCUT2D eigenvalue weighted by molar-refractivity contribution is 6.08. The summed E-state index contributed by atoms with van der Waals surface area (Å²) in [5.41, 5.74) is 0.626. The Balaban J connectivity index is 1.94. The summed E-state index contributed by atoms with van der Waals surface area (Å²) < 4.78 is 27.0. The molecular formula is C24H22F2N2O2. The summed E-state index contributed by atoms with van der Waals surface area (Å²) in [7, 11) is 0. The minimum absolute atomic E-state index is 0.369. The third-order valence-corrected chi connectivity index (χ3v) is 5.53. The van der Waals surface area contributed by atoms with Crippen LogP contribution in [-0.4, -0.2) is 17.2 Å². The number of urea groups is 1. The molecule has 0 bridgehead atoms. The molecule has 1 heterocycles. The van der Waals surface area contributed by atoms with Gasteiger partial charge in [0.1, 0.15) is 11.6 Å². The zero-order valence-electron chi connectivity index (χ0n) is 16.7. The van der Waals surface area contributed by atoms with E-state index in [0.29, 0.717) is 23.4 Å². The Bertz CT molecular complexity index is 1070. The summed E-state index contributed by atoms with van der Waals surface area (Å²) in [5.74, 6) is -0.852. The molecule has 3 aromatic carbocycles. The van der Waals surface area contributed by atoms with Crippen molar-refractivity contribution in [2.45, 2.75) is 32.0 Å². The van der Waals surface area contributed by atoms with E-state index in [9.17, 15) is 18.7 Å². The van der Waals surface area contributed by atoms with E-state index in [1.807, 2.05) is 32.0 Å². The van der Waals surface area contributed by atoms with E-state index in [-0.39, 0.29) is 0 Å². The smallest absolute Gasteiger partial charge is 0.332 e. The average Bonchev–Trinajstić information content (AvgIpc) is 2.97. The number of hydrogen-bond donors (Lipinski definition) is 1. The highest BCUT2D eigenvalue weighted by atomic mass is 19.1. The van der Waals surface area contributed by atoms with Crippen LogP contribution in [0.1, 0.15) is 24.5 Å². The van der Waals surface area contributed by atoms with Crippen LogP contribution >= 0.6 is 0 Å². The topological polar surface area (TPSA) is 43.8 Å². The molecule has 0 aliphatic carbocycles. The van der Waals surface area contributed by atoms with Gasteiger partial charge >= 0.3 is 6.03 Å². The van der Waals surface area contributed by atoms with Crippen molar-refractivity contribution in [1.82, 2.24) is 0 Å². The lowest BCUT2D eigenvalue weighted by atomic mass is 9.91. The fraction of sp³-hybridized carbons (Fsp3) is 0.208. The number of hydrogen-bond acceptors (Lipinski definition) is 2. The fourth-order valence-corrected chi connectivity index (χ4v) is 4.17. The van der Waals surface area contributed by atoms with Gasteiger partial charge in [0.15, 0.2) is 5.72 Å².